The van der Waals surface area contributed by atoms with Crippen molar-refractivity contribution in [2.45, 2.75) is 6.92 Å². The van der Waals surface area contributed by atoms with E-state index in [-0.39, 0.29) is 17.2 Å². The third-order valence-electron chi connectivity index (χ3n) is 1.39. The van der Waals surface area contributed by atoms with E-state index in [9.17, 15) is 8.78 Å². The quantitative estimate of drug-likeness (QED) is 0.699. The number of hydrogen-bond acceptors (Lipinski definition) is 1. The topological polar surface area (TPSA) is 12.0 Å². The van der Waals surface area contributed by atoms with Gasteiger partial charge in [0.05, 0.1) is 5.03 Å². The van der Waals surface area contributed by atoms with Crippen LogP contribution in [0.1, 0.15) is 6.92 Å². The minimum absolute atomic E-state index is 0.0674. The minimum Gasteiger partial charge on any atom is -0.315 e. The molecule has 0 aliphatic carbocycles. The van der Waals surface area contributed by atoms with Crippen LogP contribution in [0.3, 0.4) is 0 Å². The monoisotopic (exact) mass is 207 g/mol. The lowest BCUT2D eigenvalue weighted by Crippen LogP contribution is -2.12. The van der Waals surface area contributed by atoms with E-state index in [1.807, 2.05) is 0 Å². The largest absolute Gasteiger partial charge is 0.315 e. The van der Waals surface area contributed by atoms with Gasteiger partial charge in [-0.05, 0) is 20.0 Å². The Morgan fingerprint density at radius 2 is 2.08 bits per heavy atom. The fourth-order valence-corrected chi connectivity index (χ4v) is 0.889. The van der Waals surface area contributed by atoms with Gasteiger partial charge >= 0.3 is 0 Å². The van der Waals surface area contributed by atoms with Gasteiger partial charge in [0.25, 0.3) is 0 Å². The van der Waals surface area contributed by atoms with Gasteiger partial charge in [-0.1, -0.05) is 18.2 Å². The summed E-state index contributed by atoms with van der Waals surface area (Å²) in [6.07, 6.45) is 0.950. The third kappa shape index (κ3) is 3.70. The third-order valence-corrected chi connectivity index (χ3v) is 1.55. The van der Waals surface area contributed by atoms with Crippen molar-refractivity contribution in [1.29, 1.82) is 0 Å². The minimum atomic E-state index is -0.742. The second kappa shape index (κ2) is 5.89. The molecule has 13 heavy (non-hydrogen) atoms. The lowest BCUT2D eigenvalue weighted by atomic mass is 10.2. The summed E-state index contributed by atoms with van der Waals surface area (Å²) in [4.78, 5) is 0. The van der Waals surface area contributed by atoms with Gasteiger partial charge < -0.3 is 5.32 Å². The Morgan fingerprint density at radius 1 is 1.54 bits per heavy atom. The summed E-state index contributed by atoms with van der Waals surface area (Å²) in [5, 5.41) is 2.57. The van der Waals surface area contributed by atoms with Crippen molar-refractivity contribution in [1.82, 2.24) is 5.32 Å². The standard InChI is InChI=1S/C9H12ClF2N/c1-4-8(11)7(5-13-3)9(12)6(2)10/h4,13H,1,5H2,2-3H3/b8-7+,9-6-. The van der Waals surface area contributed by atoms with E-state index in [1.54, 1.807) is 7.05 Å². The molecule has 0 aromatic carbocycles. The highest BCUT2D eigenvalue weighted by atomic mass is 35.5. The molecule has 0 radical (unpaired) electrons. The second-order valence-electron chi connectivity index (χ2n) is 2.41. The first kappa shape index (κ1) is 12.3. The Labute approximate surface area is 81.8 Å². The molecule has 74 valence electrons. The van der Waals surface area contributed by atoms with Gasteiger partial charge in [-0.25, -0.2) is 8.78 Å². The zero-order valence-electron chi connectivity index (χ0n) is 7.63. The van der Waals surface area contributed by atoms with Crippen LogP contribution in [0.15, 0.2) is 34.9 Å². The number of likely N-dealkylation sites (N-methyl/N-ethyl adjacent to an activating group) is 1. The molecule has 0 fully saturated rings. The van der Waals surface area contributed by atoms with E-state index < -0.39 is 11.7 Å². The number of halogens is 3. The summed E-state index contributed by atoms with van der Waals surface area (Å²) < 4.78 is 26.2. The average Bonchev–Trinajstić information content (AvgIpc) is 2.11. The van der Waals surface area contributed by atoms with Gasteiger partial charge in [0.1, 0.15) is 11.7 Å². The SMILES string of the molecule is C=C/C(F)=C(CNC)\C(F)=C(/C)Cl. The van der Waals surface area contributed by atoms with Gasteiger partial charge in [0.2, 0.25) is 0 Å². The number of nitrogens with one attached hydrogen (secondary N) is 1. The summed E-state index contributed by atoms with van der Waals surface area (Å²) in [5.74, 6) is -1.44. The first-order valence-electron chi connectivity index (χ1n) is 3.72. The smallest absolute Gasteiger partial charge is 0.144 e. The second-order valence-corrected chi connectivity index (χ2v) is 2.98. The molecule has 0 atom stereocenters. The highest BCUT2D eigenvalue weighted by molar-refractivity contribution is 6.29. The highest BCUT2D eigenvalue weighted by Gasteiger charge is 2.11. The van der Waals surface area contributed by atoms with Gasteiger partial charge in [-0.2, -0.15) is 0 Å². The van der Waals surface area contributed by atoms with Crippen molar-refractivity contribution in [2.24, 2.45) is 0 Å². The van der Waals surface area contributed by atoms with E-state index in [4.69, 9.17) is 11.6 Å². The summed E-state index contributed by atoms with van der Waals surface area (Å²) in [7, 11) is 1.59. The predicted octanol–water partition coefficient (Wildman–Crippen LogP) is 3.06. The van der Waals surface area contributed by atoms with Crippen molar-refractivity contribution >= 4 is 11.6 Å². The van der Waals surface area contributed by atoms with Crippen molar-refractivity contribution in [3.8, 4) is 0 Å². The molecule has 0 spiro atoms. The van der Waals surface area contributed by atoms with E-state index in [1.165, 1.54) is 6.92 Å². The molecule has 0 saturated carbocycles. The van der Waals surface area contributed by atoms with Crippen molar-refractivity contribution < 1.29 is 8.78 Å². The van der Waals surface area contributed by atoms with Gasteiger partial charge in [-0.3, -0.25) is 0 Å². The summed E-state index contributed by atoms with van der Waals surface area (Å²) >= 11 is 5.40. The molecule has 0 heterocycles. The molecule has 0 aromatic rings. The number of allylic oxidation sites excluding steroid dienone is 3. The van der Waals surface area contributed by atoms with Crippen LogP contribution in [0.4, 0.5) is 8.78 Å². The highest BCUT2D eigenvalue weighted by Crippen LogP contribution is 2.22. The van der Waals surface area contributed by atoms with Crippen LogP contribution in [-0.4, -0.2) is 13.6 Å². The molecule has 0 bridgehead atoms. The van der Waals surface area contributed by atoms with Crippen LogP contribution in [-0.2, 0) is 0 Å². The molecule has 0 amide bonds. The van der Waals surface area contributed by atoms with Gasteiger partial charge in [0, 0.05) is 12.1 Å². The van der Waals surface area contributed by atoms with Crippen molar-refractivity contribution in [3.05, 3.63) is 34.9 Å². The molecule has 0 rings (SSSR count). The molecule has 0 aliphatic heterocycles. The Hall–Kier alpha value is -0.670. The first-order valence-corrected chi connectivity index (χ1v) is 4.10. The Kier molecular flexibility index (Phi) is 5.58. The fourth-order valence-electron chi connectivity index (χ4n) is 0.775. The van der Waals surface area contributed by atoms with Crippen molar-refractivity contribution in [3.63, 3.8) is 0 Å². The summed E-state index contributed by atoms with van der Waals surface area (Å²) in [5.41, 5.74) is -0.106. The number of rotatable bonds is 4. The fraction of sp³-hybridized carbons (Fsp3) is 0.333. The van der Waals surface area contributed by atoms with Crippen LogP contribution >= 0.6 is 11.6 Å². The summed E-state index contributed by atoms with van der Waals surface area (Å²) in [6, 6.07) is 0. The summed E-state index contributed by atoms with van der Waals surface area (Å²) in [6.45, 7) is 4.65. The predicted molar refractivity (Wildman–Crippen MR) is 51.9 cm³/mol. The normalized spacial score (nSPS) is 14.8. The molecule has 0 unspecified atom stereocenters. The van der Waals surface area contributed by atoms with Gasteiger partial charge in [0.15, 0.2) is 0 Å². The van der Waals surface area contributed by atoms with Crippen LogP contribution in [0.2, 0.25) is 0 Å². The van der Waals surface area contributed by atoms with E-state index in [2.05, 4.69) is 11.9 Å². The molecule has 1 nitrogen and oxygen atoms in total. The Morgan fingerprint density at radius 3 is 2.38 bits per heavy atom. The van der Waals surface area contributed by atoms with E-state index >= 15 is 0 Å². The van der Waals surface area contributed by atoms with Crippen LogP contribution in [0.5, 0.6) is 0 Å². The number of hydrogen-bond donors (Lipinski definition) is 1. The Balaban J connectivity index is 5.04. The maximum Gasteiger partial charge on any atom is 0.144 e. The van der Waals surface area contributed by atoms with Crippen LogP contribution in [0.25, 0.3) is 0 Å². The average molecular weight is 208 g/mol. The Bertz CT molecular complexity index is 252. The molecule has 0 aromatic heterocycles. The maximum absolute atomic E-state index is 13.2. The van der Waals surface area contributed by atoms with E-state index in [0.29, 0.717) is 0 Å². The molecular formula is C9H12ClF2N. The molecular weight excluding hydrogens is 196 g/mol. The maximum atomic E-state index is 13.2. The lowest BCUT2D eigenvalue weighted by molar-refractivity contribution is 0.593. The van der Waals surface area contributed by atoms with Crippen LogP contribution in [0, 0.1) is 0 Å². The molecule has 4 heteroatoms. The van der Waals surface area contributed by atoms with Crippen molar-refractivity contribution in [2.75, 3.05) is 13.6 Å². The zero-order chi connectivity index (χ0) is 10.4. The molecule has 0 aliphatic rings. The van der Waals surface area contributed by atoms with Gasteiger partial charge in [-0.15, -0.1) is 0 Å². The van der Waals surface area contributed by atoms with E-state index in [0.717, 1.165) is 6.08 Å². The molecule has 1 N–H and O–H groups in total. The first-order chi connectivity index (χ1) is 6.04. The zero-order valence-corrected chi connectivity index (χ0v) is 8.38. The molecule has 0 saturated heterocycles. The van der Waals surface area contributed by atoms with Crippen LogP contribution < -0.4 is 5.32 Å². The lowest BCUT2D eigenvalue weighted by Gasteiger charge is -2.05.